The maximum absolute atomic E-state index is 10.6. The molecule has 0 saturated carbocycles. The van der Waals surface area contributed by atoms with E-state index < -0.39 is 5.97 Å². The number of aliphatic carboxylic acids is 1. The summed E-state index contributed by atoms with van der Waals surface area (Å²) < 4.78 is 0. The number of carboxylic acids is 1. The quantitative estimate of drug-likeness (QED) is 0.700. The summed E-state index contributed by atoms with van der Waals surface area (Å²) in [6.07, 6.45) is 4.90. The lowest BCUT2D eigenvalue weighted by Crippen LogP contribution is -2.40. The van der Waals surface area contributed by atoms with Gasteiger partial charge < -0.3 is 10.4 Å². The van der Waals surface area contributed by atoms with E-state index in [1.165, 1.54) is 12.8 Å². The monoisotopic (exact) mass is 185 g/mol. The van der Waals surface area contributed by atoms with Crippen LogP contribution in [-0.2, 0) is 4.79 Å². The van der Waals surface area contributed by atoms with Crippen LogP contribution in [0.2, 0.25) is 0 Å². The first-order valence-electron chi connectivity index (χ1n) is 5.19. The van der Waals surface area contributed by atoms with Gasteiger partial charge in [0.05, 0.1) is 0 Å². The van der Waals surface area contributed by atoms with Crippen LogP contribution in [0.4, 0.5) is 0 Å². The standard InChI is InChI=1S/C10H19NO2/c1-2-8(7-10(12)13)9-5-3-4-6-11-9/h8-9,11H,2-7H2,1H3,(H,12,13)/t8-,9+/m1/s1. The molecule has 1 aliphatic heterocycles. The smallest absolute Gasteiger partial charge is 0.303 e. The van der Waals surface area contributed by atoms with Crippen LogP contribution in [0.15, 0.2) is 0 Å². The van der Waals surface area contributed by atoms with Crippen LogP contribution in [0.1, 0.15) is 39.0 Å². The molecule has 0 amide bonds. The SMILES string of the molecule is CC[C@H](CC(=O)O)[C@@H]1CCCCN1. The number of piperidine rings is 1. The minimum absolute atomic E-state index is 0.314. The Labute approximate surface area is 79.5 Å². The van der Waals surface area contributed by atoms with Crippen molar-refractivity contribution in [3.63, 3.8) is 0 Å². The van der Waals surface area contributed by atoms with Gasteiger partial charge in [0.15, 0.2) is 0 Å². The zero-order valence-electron chi connectivity index (χ0n) is 8.25. The zero-order chi connectivity index (χ0) is 9.68. The maximum Gasteiger partial charge on any atom is 0.303 e. The first-order valence-corrected chi connectivity index (χ1v) is 5.19. The van der Waals surface area contributed by atoms with Gasteiger partial charge in [0.1, 0.15) is 0 Å². The molecule has 1 saturated heterocycles. The van der Waals surface area contributed by atoms with Crippen molar-refractivity contribution in [2.75, 3.05) is 6.54 Å². The number of hydrogen-bond acceptors (Lipinski definition) is 2. The molecule has 0 radical (unpaired) electrons. The molecule has 0 aliphatic carbocycles. The Morgan fingerprint density at radius 1 is 1.62 bits per heavy atom. The van der Waals surface area contributed by atoms with Gasteiger partial charge in [-0.25, -0.2) is 0 Å². The number of hydrogen-bond donors (Lipinski definition) is 2. The summed E-state index contributed by atoms with van der Waals surface area (Å²) in [4.78, 5) is 10.6. The van der Waals surface area contributed by atoms with Gasteiger partial charge in [-0.1, -0.05) is 19.8 Å². The van der Waals surface area contributed by atoms with Crippen LogP contribution < -0.4 is 5.32 Å². The van der Waals surface area contributed by atoms with Gasteiger partial charge in [-0.3, -0.25) is 4.79 Å². The Morgan fingerprint density at radius 2 is 2.38 bits per heavy atom. The van der Waals surface area contributed by atoms with Gasteiger partial charge in [0, 0.05) is 12.5 Å². The van der Waals surface area contributed by atoms with E-state index in [1.54, 1.807) is 0 Å². The van der Waals surface area contributed by atoms with Gasteiger partial charge in [-0.2, -0.15) is 0 Å². The minimum atomic E-state index is -0.667. The van der Waals surface area contributed by atoms with Gasteiger partial charge in [-0.05, 0) is 25.3 Å². The molecule has 3 heteroatoms. The fraction of sp³-hybridized carbons (Fsp3) is 0.900. The van der Waals surface area contributed by atoms with E-state index in [0.717, 1.165) is 19.4 Å². The largest absolute Gasteiger partial charge is 0.481 e. The van der Waals surface area contributed by atoms with Crippen molar-refractivity contribution in [3.8, 4) is 0 Å². The van der Waals surface area contributed by atoms with E-state index in [9.17, 15) is 4.79 Å². The highest BCUT2D eigenvalue weighted by molar-refractivity contribution is 5.67. The highest BCUT2D eigenvalue weighted by atomic mass is 16.4. The van der Waals surface area contributed by atoms with E-state index in [4.69, 9.17) is 5.11 Å². The predicted octanol–water partition coefficient (Wildman–Crippen LogP) is 1.63. The lowest BCUT2D eigenvalue weighted by molar-refractivity contribution is -0.138. The highest BCUT2D eigenvalue weighted by Gasteiger charge is 2.23. The third-order valence-corrected chi connectivity index (χ3v) is 2.88. The molecule has 3 nitrogen and oxygen atoms in total. The molecule has 0 spiro atoms. The van der Waals surface area contributed by atoms with Crippen molar-refractivity contribution in [3.05, 3.63) is 0 Å². The van der Waals surface area contributed by atoms with Crippen LogP contribution in [0.3, 0.4) is 0 Å². The normalized spacial score (nSPS) is 25.5. The second-order valence-corrected chi connectivity index (χ2v) is 3.82. The molecule has 0 bridgehead atoms. The average molecular weight is 185 g/mol. The molecule has 1 aliphatic rings. The third kappa shape index (κ3) is 3.35. The predicted molar refractivity (Wildman–Crippen MR) is 51.7 cm³/mol. The van der Waals surface area contributed by atoms with E-state index in [0.29, 0.717) is 18.4 Å². The Kier molecular flexibility index (Phi) is 4.22. The lowest BCUT2D eigenvalue weighted by Gasteiger charge is -2.29. The molecule has 0 aromatic heterocycles. The van der Waals surface area contributed by atoms with E-state index in [2.05, 4.69) is 12.2 Å². The molecule has 1 fully saturated rings. The fourth-order valence-corrected chi connectivity index (χ4v) is 2.08. The number of nitrogens with one attached hydrogen (secondary N) is 1. The lowest BCUT2D eigenvalue weighted by atomic mass is 9.88. The topological polar surface area (TPSA) is 49.3 Å². The second kappa shape index (κ2) is 5.22. The number of carbonyl (C=O) groups is 1. The van der Waals surface area contributed by atoms with Gasteiger partial charge in [0.25, 0.3) is 0 Å². The molecule has 2 atom stereocenters. The van der Waals surface area contributed by atoms with Crippen molar-refractivity contribution in [2.45, 2.75) is 45.1 Å². The number of rotatable bonds is 4. The summed E-state index contributed by atoms with van der Waals surface area (Å²) in [7, 11) is 0. The molecule has 0 aromatic rings. The second-order valence-electron chi connectivity index (χ2n) is 3.82. The third-order valence-electron chi connectivity index (χ3n) is 2.88. The molecule has 1 heterocycles. The molecule has 0 unspecified atom stereocenters. The molecule has 76 valence electrons. The summed E-state index contributed by atoms with van der Waals surface area (Å²) >= 11 is 0. The Bertz CT molecular complexity index is 164. The summed E-state index contributed by atoms with van der Waals surface area (Å²) in [5, 5.41) is 12.1. The maximum atomic E-state index is 10.6. The van der Waals surface area contributed by atoms with Crippen molar-refractivity contribution in [1.82, 2.24) is 5.32 Å². The first kappa shape index (κ1) is 10.5. The van der Waals surface area contributed by atoms with Crippen LogP contribution in [-0.4, -0.2) is 23.7 Å². The molecule has 2 N–H and O–H groups in total. The Morgan fingerprint density at radius 3 is 2.85 bits per heavy atom. The van der Waals surface area contributed by atoms with E-state index >= 15 is 0 Å². The fourth-order valence-electron chi connectivity index (χ4n) is 2.08. The zero-order valence-corrected chi connectivity index (χ0v) is 8.25. The molecule has 1 rings (SSSR count). The van der Waals surface area contributed by atoms with Crippen LogP contribution in [0.25, 0.3) is 0 Å². The Balaban J connectivity index is 2.39. The number of carboxylic acid groups (broad SMARTS) is 1. The van der Waals surface area contributed by atoms with Crippen molar-refractivity contribution in [1.29, 1.82) is 0 Å². The molecular formula is C10H19NO2. The minimum Gasteiger partial charge on any atom is -0.481 e. The first-order chi connectivity index (χ1) is 6.24. The molecular weight excluding hydrogens is 166 g/mol. The van der Waals surface area contributed by atoms with Crippen LogP contribution in [0.5, 0.6) is 0 Å². The Hall–Kier alpha value is -0.570. The summed E-state index contributed by atoms with van der Waals surface area (Å²) in [6, 6.07) is 0.440. The van der Waals surface area contributed by atoms with Crippen LogP contribution >= 0.6 is 0 Å². The van der Waals surface area contributed by atoms with E-state index in [-0.39, 0.29) is 0 Å². The molecule has 0 aromatic carbocycles. The van der Waals surface area contributed by atoms with Gasteiger partial charge >= 0.3 is 5.97 Å². The summed E-state index contributed by atoms with van der Waals surface area (Å²) in [5.41, 5.74) is 0. The van der Waals surface area contributed by atoms with Crippen molar-refractivity contribution < 1.29 is 9.90 Å². The van der Waals surface area contributed by atoms with Crippen LogP contribution in [0, 0.1) is 5.92 Å². The summed E-state index contributed by atoms with van der Waals surface area (Å²) in [5.74, 6) is -0.350. The van der Waals surface area contributed by atoms with E-state index in [1.807, 2.05) is 0 Å². The highest BCUT2D eigenvalue weighted by Crippen LogP contribution is 2.20. The van der Waals surface area contributed by atoms with Crippen molar-refractivity contribution in [2.24, 2.45) is 5.92 Å². The molecule has 13 heavy (non-hydrogen) atoms. The average Bonchev–Trinajstić information content (AvgIpc) is 2.15. The van der Waals surface area contributed by atoms with Gasteiger partial charge in [0.2, 0.25) is 0 Å². The van der Waals surface area contributed by atoms with Crippen molar-refractivity contribution >= 4 is 5.97 Å². The van der Waals surface area contributed by atoms with Gasteiger partial charge in [-0.15, -0.1) is 0 Å². The summed E-state index contributed by atoms with van der Waals surface area (Å²) in [6.45, 7) is 3.13.